The van der Waals surface area contributed by atoms with E-state index in [2.05, 4.69) is 64.5 Å². The molecule has 35 heavy (non-hydrogen) atoms. The predicted octanol–water partition coefficient (Wildman–Crippen LogP) is 8.34. The molecule has 1 heterocycles. The lowest BCUT2D eigenvalue weighted by Gasteiger charge is -2.14. The molecule has 2 N–H and O–H groups in total. The van der Waals surface area contributed by atoms with Gasteiger partial charge in [-0.15, -0.1) is 0 Å². The maximum atomic E-state index is 13.1. The minimum absolute atomic E-state index is 0.0514. The number of unbranched alkanes of at least 4 members (excludes halogenated alkanes) is 12. The number of halogens is 3. The molecule has 0 saturated heterocycles. The van der Waals surface area contributed by atoms with Gasteiger partial charge in [-0.2, -0.15) is 0 Å². The first-order valence-electron chi connectivity index (χ1n) is 12.7. The van der Waals surface area contributed by atoms with Crippen LogP contribution in [0.15, 0.2) is 35.1 Å². The summed E-state index contributed by atoms with van der Waals surface area (Å²) < 4.78 is 27.6. The molecule has 2 aromatic rings. The number of sulfonamides is 1. The van der Waals surface area contributed by atoms with E-state index in [1.165, 1.54) is 68.9 Å². The van der Waals surface area contributed by atoms with Crippen LogP contribution in [0.5, 0.6) is 0 Å². The smallest absolute Gasteiger partial charge is 0.293 e. The minimum atomic E-state index is -3.96. The van der Waals surface area contributed by atoms with Crippen LogP contribution >= 0.6 is 47.8 Å². The molecule has 2 rings (SSSR count). The Labute approximate surface area is 235 Å². The standard InChI is InChI=1S/C25H38Br3N3O3S/c1-2-3-4-5-6-7-8-9-10-11-12-13-17-20-22-23(30-35(33,34)25(26,27)28)24(32)31(29-22)21-18-15-14-16-19-21/h14-16,18-19,29-30H,2-13,17,20H2,1H3. The lowest BCUT2D eigenvalue weighted by Crippen LogP contribution is -2.29. The number of nitrogens with one attached hydrogen (secondary N) is 2. The molecule has 1 aromatic carbocycles. The fraction of sp³-hybridized carbons (Fsp3) is 0.640. The molecule has 1 aromatic heterocycles. The van der Waals surface area contributed by atoms with E-state index >= 15 is 0 Å². The van der Waals surface area contributed by atoms with Gasteiger partial charge in [0.05, 0.1) is 11.4 Å². The number of para-hydroxylation sites is 1. The zero-order chi connectivity index (χ0) is 25.7. The van der Waals surface area contributed by atoms with Crippen LogP contribution in [0.2, 0.25) is 0 Å². The molecule has 198 valence electrons. The van der Waals surface area contributed by atoms with Gasteiger partial charge in [0.25, 0.3) is 17.1 Å². The van der Waals surface area contributed by atoms with Gasteiger partial charge in [-0.1, -0.05) is 102 Å². The first-order valence-corrected chi connectivity index (χ1v) is 16.5. The zero-order valence-corrected chi connectivity index (χ0v) is 26.1. The molecule has 0 aliphatic heterocycles. The molecule has 0 aliphatic carbocycles. The first-order chi connectivity index (χ1) is 16.7. The highest BCUT2D eigenvalue weighted by Crippen LogP contribution is 2.40. The lowest BCUT2D eigenvalue weighted by molar-refractivity contribution is 0.538. The van der Waals surface area contributed by atoms with Crippen molar-refractivity contribution < 1.29 is 8.42 Å². The quantitative estimate of drug-likeness (QED) is 0.129. The molecule has 6 nitrogen and oxygen atoms in total. The molecule has 0 saturated carbocycles. The van der Waals surface area contributed by atoms with E-state index in [1.807, 2.05) is 18.2 Å². The number of nitrogens with zero attached hydrogens (tertiary/aromatic N) is 1. The highest BCUT2D eigenvalue weighted by Gasteiger charge is 2.37. The van der Waals surface area contributed by atoms with Crippen molar-refractivity contribution in [3.63, 3.8) is 0 Å². The summed E-state index contributed by atoms with van der Waals surface area (Å²) in [5.41, 5.74) is 0.858. The second-order valence-electron chi connectivity index (χ2n) is 8.99. The van der Waals surface area contributed by atoms with Crippen molar-refractivity contribution in [2.75, 3.05) is 4.72 Å². The summed E-state index contributed by atoms with van der Waals surface area (Å²) in [6.45, 7) is 2.25. The fourth-order valence-corrected chi connectivity index (χ4v) is 5.36. The molecule has 0 fully saturated rings. The Bertz CT molecular complexity index is 1030. The van der Waals surface area contributed by atoms with Crippen LogP contribution in [0, 0.1) is 0 Å². The van der Waals surface area contributed by atoms with Crippen molar-refractivity contribution in [1.29, 1.82) is 0 Å². The number of rotatable bonds is 17. The van der Waals surface area contributed by atoms with Gasteiger partial charge < -0.3 is 0 Å². The number of alkyl halides is 3. The molecule has 0 bridgehead atoms. The fourth-order valence-electron chi connectivity index (χ4n) is 4.04. The van der Waals surface area contributed by atoms with Gasteiger partial charge in [0.1, 0.15) is 5.69 Å². The Morgan fingerprint density at radius 3 is 1.80 bits per heavy atom. The van der Waals surface area contributed by atoms with E-state index in [1.54, 1.807) is 12.1 Å². The lowest BCUT2D eigenvalue weighted by atomic mass is 10.0. The van der Waals surface area contributed by atoms with Gasteiger partial charge in [0.2, 0.25) is 0 Å². The number of anilines is 1. The van der Waals surface area contributed by atoms with Crippen molar-refractivity contribution in [2.24, 2.45) is 0 Å². The van der Waals surface area contributed by atoms with E-state index in [-0.39, 0.29) is 5.69 Å². The van der Waals surface area contributed by atoms with E-state index in [9.17, 15) is 13.2 Å². The van der Waals surface area contributed by atoms with Crippen LogP contribution in [0.4, 0.5) is 5.69 Å². The van der Waals surface area contributed by atoms with Gasteiger partial charge in [0.15, 0.2) is 0 Å². The van der Waals surface area contributed by atoms with Crippen LogP contribution in [0.25, 0.3) is 5.69 Å². The molecule has 10 heteroatoms. The Morgan fingerprint density at radius 1 is 0.829 bits per heavy atom. The van der Waals surface area contributed by atoms with E-state index in [0.29, 0.717) is 17.8 Å². The molecular formula is C25H38Br3N3O3S. The third-order valence-corrected chi connectivity index (χ3v) is 11.0. The van der Waals surface area contributed by atoms with E-state index in [4.69, 9.17) is 0 Å². The van der Waals surface area contributed by atoms with Crippen LogP contribution in [0.3, 0.4) is 0 Å². The van der Waals surface area contributed by atoms with E-state index < -0.39 is 17.1 Å². The number of hydrogen-bond acceptors (Lipinski definition) is 3. The highest BCUT2D eigenvalue weighted by molar-refractivity contribution is 9.42. The van der Waals surface area contributed by atoms with Crippen LogP contribution in [-0.2, 0) is 16.4 Å². The van der Waals surface area contributed by atoms with Crippen molar-refractivity contribution in [3.05, 3.63) is 46.4 Å². The number of hydrogen-bond donors (Lipinski definition) is 2. The highest BCUT2D eigenvalue weighted by atomic mass is 80.0. The maximum Gasteiger partial charge on any atom is 0.295 e. The summed E-state index contributed by atoms with van der Waals surface area (Å²) in [6.07, 6.45) is 16.9. The van der Waals surface area contributed by atoms with Gasteiger partial charge in [-0.25, -0.2) is 13.1 Å². The third kappa shape index (κ3) is 10.4. The number of aromatic amines is 1. The van der Waals surface area contributed by atoms with Crippen molar-refractivity contribution >= 4 is 63.5 Å². The van der Waals surface area contributed by atoms with Gasteiger partial charge in [-0.3, -0.25) is 14.6 Å². The Balaban J connectivity index is 1.87. The Kier molecular flexibility index (Phi) is 13.7. The monoisotopic (exact) mass is 697 g/mol. The second-order valence-corrected chi connectivity index (χ2v) is 19.1. The molecule has 0 unspecified atom stereocenters. The number of aromatic nitrogens is 2. The molecule has 0 atom stereocenters. The summed E-state index contributed by atoms with van der Waals surface area (Å²) in [4.78, 5) is 13.1. The average Bonchev–Trinajstić information content (AvgIpc) is 3.11. The van der Waals surface area contributed by atoms with Crippen molar-refractivity contribution in [1.82, 2.24) is 9.78 Å². The average molecular weight is 700 g/mol. The van der Waals surface area contributed by atoms with Gasteiger partial charge in [0, 0.05) is 0 Å². The first kappa shape index (κ1) is 30.6. The molecule has 0 amide bonds. The maximum absolute atomic E-state index is 13.1. The topological polar surface area (TPSA) is 84.0 Å². The van der Waals surface area contributed by atoms with Crippen LogP contribution in [0.1, 0.15) is 96.1 Å². The summed E-state index contributed by atoms with van der Waals surface area (Å²) in [5, 5.41) is 3.12. The number of aryl methyl sites for hydroxylation is 1. The SMILES string of the molecule is CCCCCCCCCCCCCCCc1[nH]n(-c2ccccc2)c(=O)c1NS(=O)(=O)C(Br)(Br)Br. The van der Waals surface area contributed by atoms with Crippen LogP contribution < -0.4 is 10.3 Å². The summed E-state index contributed by atoms with van der Waals surface area (Å²) in [6, 6.07) is 9.13. The third-order valence-electron chi connectivity index (χ3n) is 6.05. The predicted molar refractivity (Wildman–Crippen MR) is 158 cm³/mol. The molecule has 0 radical (unpaired) electrons. The Morgan fingerprint density at radius 2 is 1.31 bits per heavy atom. The zero-order valence-electron chi connectivity index (χ0n) is 20.5. The summed E-state index contributed by atoms with van der Waals surface area (Å²) >= 11 is 9.12. The molecular weight excluding hydrogens is 662 g/mol. The summed E-state index contributed by atoms with van der Waals surface area (Å²) in [5.74, 6) is 0. The van der Waals surface area contributed by atoms with Crippen molar-refractivity contribution in [3.8, 4) is 5.69 Å². The Hall–Kier alpha value is -0.580. The second kappa shape index (κ2) is 15.6. The largest absolute Gasteiger partial charge is 0.295 e. The summed E-state index contributed by atoms with van der Waals surface area (Å²) in [7, 11) is -3.96. The molecule has 0 spiro atoms. The number of H-pyrrole nitrogens is 1. The molecule has 0 aliphatic rings. The minimum Gasteiger partial charge on any atom is -0.293 e. The number of benzene rings is 1. The van der Waals surface area contributed by atoms with Crippen molar-refractivity contribution in [2.45, 2.75) is 98.3 Å². The van der Waals surface area contributed by atoms with Gasteiger partial charge in [-0.05, 0) is 72.8 Å². The normalized spacial score (nSPS) is 12.2. The van der Waals surface area contributed by atoms with E-state index in [0.717, 1.165) is 19.3 Å². The van der Waals surface area contributed by atoms with Gasteiger partial charge >= 0.3 is 0 Å². The van der Waals surface area contributed by atoms with Crippen LogP contribution in [-0.4, -0.2) is 19.7 Å².